The van der Waals surface area contributed by atoms with E-state index in [1.54, 1.807) is 7.11 Å². The van der Waals surface area contributed by atoms with Crippen LogP contribution < -0.4 is 10.5 Å². The Labute approximate surface area is 96.6 Å². The molecule has 1 aromatic carbocycles. The van der Waals surface area contributed by atoms with Gasteiger partial charge in [0.1, 0.15) is 12.4 Å². The second-order valence-corrected chi connectivity index (χ2v) is 3.18. The fourth-order valence-electron chi connectivity index (χ4n) is 1.16. The monoisotopic (exact) mass is 219 g/mol. The lowest BCUT2D eigenvalue weighted by atomic mass is 10.2. The summed E-state index contributed by atoms with van der Waals surface area (Å²) in [5, 5.41) is 0. The molecule has 0 aliphatic heterocycles. The van der Waals surface area contributed by atoms with Crippen molar-refractivity contribution in [2.24, 2.45) is 5.73 Å². The Balaban J connectivity index is 2.65. The maximum Gasteiger partial charge on any atom is 0.135 e. The first-order valence-corrected chi connectivity index (χ1v) is 5.28. The highest BCUT2D eigenvalue weighted by Crippen LogP contribution is 2.16. The molecule has 0 unspecified atom stereocenters. The number of rotatable bonds is 5. The molecule has 0 bridgehead atoms. The summed E-state index contributed by atoms with van der Waals surface area (Å²) in [7, 11) is 1.65. The molecule has 0 spiro atoms. The van der Waals surface area contributed by atoms with Gasteiger partial charge in [-0.2, -0.15) is 0 Å². The standard InChI is InChI=1S/C13H17NO2/c1-15-10-11-16-13-8-3-2-6-12(13)7-4-5-9-14/h2-3,6,8H,5,9-11,14H2,1H3. The third kappa shape index (κ3) is 4.35. The Bertz CT molecular complexity index is 366. The second-order valence-electron chi connectivity index (χ2n) is 3.18. The lowest BCUT2D eigenvalue weighted by Gasteiger charge is -2.06. The highest BCUT2D eigenvalue weighted by atomic mass is 16.5. The number of nitrogens with two attached hydrogens (primary N) is 1. The highest BCUT2D eigenvalue weighted by Gasteiger charge is 1.98. The van der Waals surface area contributed by atoms with Crippen molar-refractivity contribution >= 4 is 0 Å². The van der Waals surface area contributed by atoms with Crippen LogP contribution in [-0.4, -0.2) is 26.9 Å². The minimum atomic E-state index is 0.534. The van der Waals surface area contributed by atoms with Gasteiger partial charge < -0.3 is 15.2 Å². The fraction of sp³-hybridized carbons (Fsp3) is 0.385. The van der Waals surface area contributed by atoms with Crippen LogP contribution in [0.2, 0.25) is 0 Å². The lowest BCUT2D eigenvalue weighted by molar-refractivity contribution is 0.146. The zero-order valence-corrected chi connectivity index (χ0v) is 9.53. The van der Waals surface area contributed by atoms with Crippen LogP contribution in [0.1, 0.15) is 12.0 Å². The summed E-state index contributed by atoms with van der Waals surface area (Å²) in [5.41, 5.74) is 6.27. The molecule has 2 N–H and O–H groups in total. The molecule has 16 heavy (non-hydrogen) atoms. The summed E-state index contributed by atoms with van der Waals surface area (Å²) < 4.78 is 10.5. The third-order valence-electron chi connectivity index (χ3n) is 1.92. The number of ether oxygens (including phenoxy) is 2. The molecule has 0 saturated carbocycles. The minimum absolute atomic E-state index is 0.534. The summed E-state index contributed by atoms with van der Waals surface area (Å²) >= 11 is 0. The SMILES string of the molecule is COCCOc1ccccc1C#CCCN. The summed E-state index contributed by atoms with van der Waals surface area (Å²) in [6.45, 7) is 1.69. The first kappa shape index (κ1) is 12.6. The van der Waals surface area contributed by atoms with Crippen LogP contribution in [0.15, 0.2) is 24.3 Å². The van der Waals surface area contributed by atoms with Crippen LogP contribution in [0.3, 0.4) is 0 Å². The number of hydrogen-bond acceptors (Lipinski definition) is 3. The van der Waals surface area contributed by atoms with Crippen molar-refractivity contribution in [1.29, 1.82) is 0 Å². The van der Waals surface area contributed by atoms with Gasteiger partial charge in [0, 0.05) is 20.1 Å². The van der Waals surface area contributed by atoms with E-state index in [9.17, 15) is 0 Å². The van der Waals surface area contributed by atoms with Gasteiger partial charge in [-0.15, -0.1) is 0 Å². The summed E-state index contributed by atoms with van der Waals surface area (Å²) in [4.78, 5) is 0. The molecule has 1 aromatic rings. The first-order valence-electron chi connectivity index (χ1n) is 5.28. The highest BCUT2D eigenvalue weighted by molar-refractivity contribution is 5.45. The van der Waals surface area contributed by atoms with Crippen molar-refractivity contribution in [2.75, 3.05) is 26.9 Å². The van der Waals surface area contributed by atoms with Gasteiger partial charge in [-0.3, -0.25) is 0 Å². The molecule has 0 radical (unpaired) electrons. The van der Waals surface area contributed by atoms with E-state index in [4.69, 9.17) is 15.2 Å². The number of para-hydroxylation sites is 1. The van der Waals surface area contributed by atoms with E-state index in [1.165, 1.54) is 0 Å². The number of methoxy groups -OCH3 is 1. The molecule has 86 valence electrons. The molecule has 0 aliphatic rings. The Morgan fingerprint density at radius 3 is 2.81 bits per heavy atom. The van der Waals surface area contributed by atoms with Crippen LogP contribution in [0.25, 0.3) is 0 Å². The molecule has 1 rings (SSSR count). The van der Waals surface area contributed by atoms with E-state index >= 15 is 0 Å². The maximum atomic E-state index is 5.55. The van der Waals surface area contributed by atoms with E-state index in [-0.39, 0.29) is 0 Å². The zero-order valence-electron chi connectivity index (χ0n) is 9.53. The fourth-order valence-corrected chi connectivity index (χ4v) is 1.16. The molecule has 0 amide bonds. The predicted molar refractivity (Wildman–Crippen MR) is 64.4 cm³/mol. The van der Waals surface area contributed by atoms with Crippen molar-refractivity contribution in [1.82, 2.24) is 0 Å². The molecule has 0 fully saturated rings. The van der Waals surface area contributed by atoms with Gasteiger partial charge in [0.15, 0.2) is 0 Å². The maximum absolute atomic E-state index is 5.55. The summed E-state index contributed by atoms with van der Waals surface area (Å²) in [5.74, 6) is 6.84. The molecular weight excluding hydrogens is 202 g/mol. The van der Waals surface area contributed by atoms with Gasteiger partial charge >= 0.3 is 0 Å². The van der Waals surface area contributed by atoms with Gasteiger partial charge in [-0.25, -0.2) is 0 Å². The molecular formula is C13H17NO2. The number of hydrogen-bond donors (Lipinski definition) is 1. The van der Waals surface area contributed by atoms with E-state index in [0.29, 0.717) is 26.2 Å². The molecule has 0 heterocycles. The molecule has 0 atom stereocenters. The van der Waals surface area contributed by atoms with Gasteiger partial charge in [0.05, 0.1) is 12.2 Å². The second kappa shape index (κ2) is 7.75. The Morgan fingerprint density at radius 1 is 1.25 bits per heavy atom. The average molecular weight is 219 g/mol. The van der Waals surface area contributed by atoms with Crippen molar-refractivity contribution < 1.29 is 9.47 Å². The van der Waals surface area contributed by atoms with Crippen molar-refractivity contribution in [3.63, 3.8) is 0 Å². The normalized spacial score (nSPS) is 9.38. The molecule has 3 heteroatoms. The van der Waals surface area contributed by atoms with E-state index in [0.717, 1.165) is 11.3 Å². The first-order chi connectivity index (χ1) is 7.88. The van der Waals surface area contributed by atoms with E-state index in [1.807, 2.05) is 24.3 Å². The molecule has 3 nitrogen and oxygen atoms in total. The number of benzene rings is 1. The van der Waals surface area contributed by atoms with Crippen molar-refractivity contribution in [2.45, 2.75) is 6.42 Å². The topological polar surface area (TPSA) is 44.5 Å². The predicted octanol–water partition coefficient (Wildman–Crippen LogP) is 1.41. The largest absolute Gasteiger partial charge is 0.490 e. The quantitative estimate of drug-likeness (QED) is 0.601. The van der Waals surface area contributed by atoms with Crippen LogP contribution in [0, 0.1) is 11.8 Å². The Kier molecular flexibility index (Phi) is 6.09. The molecule has 0 aromatic heterocycles. The Hall–Kier alpha value is -1.50. The van der Waals surface area contributed by atoms with Crippen molar-refractivity contribution in [3.8, 4) is 17.6 Å². The van der Waals surface area contributed by atoms with Crippen molar-refractivity contribution in [3.05, 3.63) is 29.8 Å². The van der Waals surface area contributed by atoms with E-state index in [2.05, 4.69) is 11.8 Å². The molecule has 0 saturated heterocycles. The van der Waals surface area contributed by atoms with Crippen LogP contribution in [-0.2, 0) is 4.74 Å². The average Bonchev–Trinajstić information content (AvgIpc) is 2.32. The van der Waals surface area contributed by atoms with Crippen LogP contribution >= 0.6 is 0 Å². The lowest BCUT2D eigenvalue weighted by Crippen LogP contribution is -2.05. The smallest absolute Gasteiger partial charge is 0.135 e. The van der Waals surface area contributed by atoms with Gasteiger partial charge in [0.2, 0.25) is 0 Å². The van der Waals surface area contributed by atoms with E-state index < -0.39 is 0 Å². The Morgan fingerprint density at radius 2 is 2.06 bits per heavy atom. The van der Waals surface area contributed by atoms with Gasteiger partial charge in [0.25, 0.3) is 0 Å². The third-order valence-corrected chi connectivity index (χ3v) is 1.92. The molecule has 0 aliphatic carbocycles. The summed E-state index contributed by atoms with van der Waals surface area (Å²) in [6, 6.07) is 7.71. The summed E-state index contributed by atoms with van der Waals surface area (Å²) in [6.07, 6.45) is 0.701. The minimum Gasteiger partial charge on any atom is -0.490 e. The zero-order chi connectivity index (χ0) is 11.6. The van der Waals surface area contributed by atoms with Gasteiger partial charge in [-0.05, 0) is 12.1 Å². The van der Waals surface area contributed by atoms with Crippen LogP contribution in [0.4, 0.5) is 0 Å². The van der Waals surface area contributed by atoms with Crippen LogP contribution in [0.5, 0.6) is 5.75 Å². The van der Waals surface area contributed by atoms with Gasteiger partial charge in [-0.1, -0.05) is 24.0 Å².